The zero-order chi connectivity index (χ0) is 13.8. The molecule has 2 aromatic carbocycles. The predicted octanol–water partition coefficient (Wildman–Crippen LogP) is 4.55. The Balaban J connectivity index is 2.41. The van der Waals surface area contributed by atoms with Gasteiger partial charge in [0.2, 0.25) is 0 Å². The van der Waals surface area contributed by atoms with Gasteiger partial charge in [-0.15, -0.1) is 0 Å². The highest BCUT2D eigenvalue weighted by Crippen LogP contribution is 2.33. The third-order valence-electron chi connectivity index (χ3n) is 2.85. The summed E-state index contributed by atoms with van der Waals surface area (Å²) in [6.45, 7) is 2.56. The van der Waals surface area contributed by atoms with E-state index in [2.05, 4.69) is 15.9 Å². The van der Waals surface area contributed by atoms with Crippen LogP contribution in [0.5, 0.6) is 5.75 Å². The molecule has 100 valence electrons. The van der Waals surface area contributed by atoms with Gasteiger partial charge in [0.25, 0.3) is 0 Å². The van der Waals surface area contributed by atoms with Crippen LogP contribution in [0.3, 0.4) is 0 Å². The summed E-state index contributed by atoms with van der Waals surface area (Å²) >= 11 is 9.64. The van der Waals surface area contributed by atoms with Crippen LogP contribution in [0.25, 0.3) is 0 Å². The van der Waals surface area contributed by atoms with E-state index >= 15 is 0 Å². The minimum atomic E-state index is -0.302. The van der Waals surface area contributed by atoms with Crippen molar-refractivity contribution < 1.29 is 4.74 Å². The van der Waals surface area contributed by atoms with Gasteiger partial charge < -0.3 is 10.5 Å². The first kappa shape index (κ1) is 14.4. The van der Waals surface area contributed by atoms with Gasteiger partial charge in [-0.2, -0.15) is 0 Å². The van der Waals surface area contributed by atoms with Crippen LogP contribution in [-0.2, 0) is 0 Å². The van der Waals surface area contributed by atoms with E-state index in [1.807, 2.05) is 49.4 Å². The lowest BCUT2D eigenvalue weighted by Crippen LogP contribution is -2.14. The monoisotopic (exact) mass is 339 g/mol. The van der Waals surface area contributed by atoms with Crippen LogP contribution in [0.1, 0.15) is 24.1 Å². The van der Waals surface area contributed by atoms with E-state index in [0.717, 1.165) is 21.3 Å². The molecule has 0 amide bonds. The maximum atomic E-state index is 6.32. The highest BCUT2D eigenvalue weighted by molar-refractivity contribution is 9.10. The number of nitrogens with two attached hydrogens (primary N) is 1. The van der Waals surface area contributed by atoms with Crippen LogP contribution in [0.2, 0.25) is 5.02 Å². The number of hydrogen-bond donors (Lipinski definition) is 1. The van der Waals surface area contributed by atoms with Crippen LogP contribution in [-0.4, -0.2) is 6.61 Å². The average Bonchev–Trinajstić information content (AvgIpc) is 2.39. The zero-order valence-electron chi connectivity index (χ0n) is 10.6. The van der Waals surface area contributed by atoms with E-state index < -0.39 is 0 Å². The first-order valence-electron chi connectivity index (χ1n) is 6.05. The largest absolute Gasteiger partial charge is 0.494 e. The Hall–Kier alpha value is -1.03. The van der Waals surface area contributed by atoms with E-state index in [9.17, 15) is 0 Å². The highest BCUT2D eigenvalue weighted by atomic mass is 79.9. The fourth-order valence-corrected chi connectivity index (χ4v) is 2.74. The smallest absolute Gasteiger partial charge is 0.124 e. The second-order valence-electron chi connectivity index (χ2n) is 4.11. The molecule has 0 aromatic heterocycles. The van der Waals surface area contributed by atoms with Crippen LogP contribution < -0.4 is 10.5 Å². The Morgan fingerprint density at radius 1 is 1.21 bits per heavy atom. The van der Waals surface area contributed by atoms with Gasteiger partial charge in [0.15, 0.2) is 0 Å². The molecule has 0 fully saturated rings. The Labute approximate surface area is 126 Å². The molecule has 4 heteroatoms. The van der Waals surface area contributed by atoms with Gasteiger partial charge in [-0.05, 0) is 30.7 Å². The Morgan fingerprint density at radius 2 is 1.95 bits per heavy atom. The van der Waals surface area contributed by atoms with Crippen molar-refractivity contribution in [1.29, 1.82) is 0 Å². The Bertz CT molecular complexity index is 574. The minimum absolute atomic E-state index is 0.302. The minimum Gasteiger partial charge on any atom is -0.494 e. The Morgan fingerprint density at radius 3 is 2.63 bits per heavy atom. The lowest BCUT2D eigenvalue weighted by Gasteiger charge is -2.18. The van der Waals surface area contributed by atoms with Crippen LogP contribution in [0.4, 0.5) is 0 Å². The summed E-state index contributed by atoms with van der Waals surface area (Å²) in [5.41, 5.74) is 8.14. The topological polar surface area (TPSA) is 35.2 Å². The van der Waals surface area contributed by atoms with E-state index in [1.54, 1.807) is 0 Å². The van der Waals surface area contributed by atoms with Gasteiger partial charge >= 0.3 is 0 Å². The van der Waals surface area contributed by atoms with Crippen molar-refractivity contribution in [3.8, 4) is 5.75 Å². The first-order chi connectivity index (χ1) is 9.13. The van der Waals surface area contributed by atoms with Crippen molar-refractivity contribution in [3.63, 3.8) is 0 Å². The van der Waals surface area contributed by atoms with Gasteiger partial charge in [-0.25, -0.2) is 0 Å². The van der Waals surface area contributed by atoms with Crippen molar-refractivity contribution in [1.82, 2.24) is 0 Å². The summed E-state index contributed by atoms with van der Waals surface area (Å²) in [4.78, 5) is 0. The lowest BCUT2D eigenvalue weighted by molar-refractivity contribution is 0.335. The van der Waals surface area contributed by atoms with Crippen LogP contribution in [0.15, 0.2) is 46.9 Å². The standard InChI is InChI=1S/C15H15BrClNO/c1-2-19-14-6-4-3-5-12(14)15(18)11-8-7-10(16)9-13(11)17/h3-9,15H,2,18H2,1H3. The van der Waals surface area contributed by atoms with E-state index in [1.165, 1.54) is 0 Å². The van der Waals surface area contributed by atoms with Crippen molar-refractivity contribution in [3.05, 3.63) is 63.1 Å². The zero-order valence-corrected chi connectivity index (χ0v) is 12.9. The molecule has 19 heavy (non-hydrogen) atoms. The molecule has 0 saturated heterocycles. The number of ether oxygens (including phenoxy) is 1. The predicted molar refractivity (Wildman–Crippen MR) is 82.8 cm³/mol. The molecule has 0 radical (unpaired) electrons. The second-order valence-corrected chi connectivity index (χ2v) is 5.44. The molecule has 1 unspecified atom stereocenters. The molecule has 0 heterocycles. The SMILES string of the molecule is CCOc1ccccc1C(N)c1ccc(Br)cc1Cl. The van der Waals surface area contributed by atoms with Gasteiger partial charge in [0, 0.05) is 15.1 Å². The summed E-state index contributed by atoms with van der Waals surface area (Å²) in [5, 5.41) is 0.646. The molecule has 0 saturated carbocycles. The third kappa shape index (κ3) is 3.30. The molecule has 2 N–H and O–H groups in total. The molecule has 0 aliphatic rings. The molecule has 0 aliphatic heterocycles. The van der Waals surface area contributed by atoms with Crippen molar-refractivity contribution in [2.75, 3.05) is 6.61 Å². The molecule has 2 aromatic rings. The van der Waals surface area contributed by atoms with Gasteiger partial charge in [0.1, 0.15) is 5.75 Å². The van der Waals surface area contributed by atoms with E-state index in [4.69, 9.17) is 22.1 Å². The number of benzene rings is 2. The first-order valence-corrected chi connectivity index (χ1v) is 7.22. The van der Waals surface area contributed by atoms with Gasteiger partial charge in [-0.3, -0.25) is 0 Å². The van der Waals surface area contributed by atoms with E-state index in [-0.39, 0.29) is 6.04 Å². The van der Waals surface area contributed by atoms with Crippen molar-refractivity contribution in [2.24, 2.45) is 5.73 Å². The maximum absolute atomic E-state index is 6.32. The highest BCUT2D eigenvalue weighted by Gasteiger charge is 2.16. The Kier molecular flexibility index (Phi) is 4.86. The summed E-state index contributed by atoms with van der Waals surface area (Å²) in [6.07, 6.45) is 0. The summed E-state index contributed by atoms with van der Waals surface area (Å²) < 4.78 is 6.55. The molecule has 1 atom stereocenters. The van der Waals surface area contributed by atoms with Crippen LogP contribution in [0, 0.1) is 0 Å². The number of hydrogen-bond acceptors (Lipinski definition) is 2. The summed E-state index contributed by atoms with van der Waals surface area (Å²) in [5.74, 6) is 0.802. The number of rotatable bonds is 4. The second kappa shape index (κ2) is 6.42. The normalized spacial score (nSPS) is 12.2. The van der Waals surface area contributed by atoms with Gasteiger partial charge in [0.05, 0.1) is 12.6 Å². The lowest BCUT2D eigenvalue weighted by atomic mass is 9.99. The molecule has 0 bridgehead atoms. The fourth-order valence-electron chi connectivity index (χ4n) is 1.95. The molecular formula is C15H15BrClNO. The van der Waals surface area contributed by atoms with E-state index in [0.29, 0.717) is 11.6 Å². The fraction of sp³-hybridized carbons (Fsp3) is 0.200. The molecule has 2 nitrogen and oxygen atoms in total. The van der Waals surface area contributed by atoms with Gasteiger partial charge in [-0.1, -0.05) is 51.8 Å². The summed E-state index contributed by atoms with van der Waals surface area (Å²) in [6, 6.07) is 13.2. The molecule has 0 aliphatic carbocycles. The van der Waals surface area contributed by atoms with Crippen LogP contribution >= 0.6 is 27.5 Å². The summed E-state index contributed by atoms with van der Waals surface area (Å²) in [7, 11) is 0. The average molecular weight is 341 g/mol. The number of para-hydroxylation sites is 1. The quantitative estimate of drug-likeness (QED) is 0.886. The maximum Gasteiger partial charge on any atom is 0.124 e. The number of halogens is 2. The van der Waals surface area contributed by atoms with Crippen molar-refractivity contribution in [2.45, 2.75) is 13.0 Å². The third-order valence-corrected chi connectivity index (χ3v) is 3.67. The molecule has 0 spiro atoms. The molecule has 2 rings (SSSR count). The van der Waals surface area contributed by atoms with Crippen molar-refractivity contribution >= 4 is 27.5 Å². The molecular weight excluding hydrogens is 326 g/mol.